The van der Waals surface area contributed by atoms with Crippen LogP contribution >= 0.6 is 0 Å². The van der Waals surface area contributed by atoms with Crippen molar-refractivity contribution < 1.29 is 9.59 Å². The summed E-state index contributed by atoms with van der Waals surface area (Å²) in [6, 6.07) is 11.3. The van der Waals surface area contributed by atoms with Gasteiger partial charge in [0.25, 0.3) is 0 Å². The topological polar surface area (TPSA) is 70.8 Å². The molecule has 0 N–H and O–H groups in total. The van der Waals surface area contributed by atoms with E-state index in [-0.39, 0.29) is 0 Å². The van der Waals surface area contributed by atoms with Crippen LogP contribution in [0.5, 0.6) is 0 Å². The molecule has 0 bridgehead atoms. The van der Waals surface area contributed by atoms with Gasteiger partial charge < -0.3 is 9.80 Å². The predicted molar refractivity (Wildman–Crippen MR) is 103 cm³/mol. The summed E-state index contributed by atoms with van der Waals surface area (Å²) in [5.74, 6) is -0.932. The number of fused-ring (bicyclic) bond motifs is 1. The first-order valence-corrected chi connectivity index (χ1v) is 8.81. The van der Waals surface area contributed by atoms with Crippen LogP contribution in [0.15, 0.2) is 49.2 Å². The Morgan fingerprint density at radius 2 is 1.85 bits per heavy atom. The Hall–Kier alpha value is -3.48. The molecule has 3 aromatic rings. The first-order chi connectivity index (χ1) is 13.1. The molecule has 0 spiro atoms. The number of amides is 2. The highest BCUT2D eigenvalue weighted by molar-refractivity contribution is 6.41. The van der Waals surface area contributed by atoms with Gasteiger partial charge in [0.05, 0.1) is 17.6 Å². The van der Waals surface area contributed by atoms with E-state index in [0.29, 0.717) is 25.3 Å². The normalized spacial score (nSPS) is 14.9. The number of aromatic nitrogens is 3. The molecule has 0 radical (unpaired) electrons. The van der Waals surface area contributed by atoms with Crippen molar-refractivity contribution in [2.75, 3.05) is 24.5 Å². The van der Waals surface area contributed by atoms with Crippen molar-refractivity contribution in [1.29, 1.82) is 0 Å². The summed E-state index contributed by atoms with van der Waals surface area (Å²) >= 11 is 0. The van der Waals surface area contributed by atoms with Gasteiger partial charge in [0.15, 0.2) is 5.65 Å². The number of rotatable bonds is 4. The van der Waals surface area contributed by atoms with Crippen LogP contribution in [-0.4, -0.2) is 50.9 Å². The zero-order valence-corrected chi connectivity index (χ0v) is 15.0. The van der Waals surface area contributed by atoms with Gasteiger partial charge in [-0.1, -0.05) is 18.7 Å². The van der Waals surface area contributed by atoms with Crippen LogP contribution in [0.4, 0.5) is 5.69 Å². The summed E-state index contributed by atoms with van der Waals surface area (Å²) in [4.78, 5) is 31.9. The number of nitrogens with zero attached hydrogens (tertiary/aromatic N) is 5. The third-order valence-electron chi connectivity index (χ3n) is 4.76. The van der Waals surface area contributed by atoms with Crippen molar-refractivity contribution >= 4 is 29.2 Å². The highest BCUT2D eigenvalue weighted by Gasteiger charge is 2.32. The molecule has 1 fully saturated rings. The van der Waals surface area contributed by atoms with Crippen molar-refractivity contribution in [3.05, 3.63) is 54.9 Å². The van der Waals surface area contributed by atoms with Crippen LogP contribution in [0.2, 0.25) is 0 Å². The summed E-state index contributed by atoms with van der Waals surface area (Å²) in [5.41, 5.74) is 3.98. The van der Waals surface area contributed by atoms with Gasteiger partial charge in [-0.2, -0.15) is 5.10 Å². The minimum atomic E-state index is -0.483. The number of likely N-dealkylation sites (N-methyl/N-ethyl adjacent to an activating group) is 1. The molecule has 2 aromatic heterocycles. The molecule has 7 nitrogen and oxygen atoms in total. The molecule has 1 saturated heterocycles. The first kappa shape index (κ1) is 17.0. The molecule has 0 aliphatic carbocycles. The maximum atomic E-state index is 12.4. The molecule has 136 valence electrons. The molecular weight excluding hydrogens is 342 g/mol. The number of hydrogen-bond donors (Lipinski definition) is 0. The molecule has 0 saturated carbocycles. The van der Waals surface area contributed by atoms with Gasteiger partial charge in [0.2, 0.25) is 0 Å². The molecule has 1 aliphatic heterocycles. The van der Waals surface area contributed by atoms with Crippen LogP contribution < -0.4 is 4.90 Å². The Balaban J connectivity index is 1.64. The standard InChI is InChI=1S/C20H19N5O2/c1-3-15-7-10-18-21-13-17(25(18)22-15)14-5-8-16(9-6-14)24-12-11-23(4-2)19(26)20(24)27/h3,5-10,13H,1,4,11-12H2,2H3. The molecule has 3 heterocycles. The van der Waals surface area contributed by atoms with E-state index in [1.165, 1.54) is 4.90 Å². The Morgan fingerprint density at radius 1 is 1.07 bits per heavy atom. The summed E-state index contributed by atoms with van der Waals surface area (Å²) in [6.45, 7) is 7.21. The fourth-order valence-corrected chi connectivity index (χ4v) is 3.23. The second-order valence-corrected chi connectivity index (χ2v) is 6.26. The van der Waals surface area contributed by atoms with Crippen LogP contribution in [0, 0.1) is 0 Å². The number of anilines is 1. The van der Waals surface area contributed by atoms with Crippen LogP contribution in [0.3, 0.4) is 0 Å². The molecule has 0 atom stereocenters. The Labute approximate surface area is 156 Å². The van der Waals surface area contributed by atoms with E-state index in [1.54, 1.807) is 21.7 Å². The van der Waals surface area contributed by atoms with Gasteiger partial charge in [-0.25, -0.2) is 9.50 Å². The first-order valence-electron chi connectivity index (χ1n) is 8.81. The van der Waals surface area contributed by atoms with Crippen molar-refractivity contribution in [2.24, 2.45) is 0 Å². The number of imidazole rings is 1. The number of piperazine rings is 1. The lowest BCUT2D eigenvalue weighted by Gasteiger charge is -2.33. The predicted octanol–water partition coefficient (Wildman–Crippen LogP) is 2.23. The fraction of sp³-hybridized carbons (Fsp3) is 0.200. The molecule has 1 aromatic carbocycles. The van der Waals surface area contributed by atoms with E-state index in [0.717, 1.165) is 22.6 Å². The maximum Gasteiger partial charge on any atom is 0.316 e. The third kappa shape index (κ3) is 2.87. The Kier molecular flexibility index (Phi) is 4.19. The fourth-order valence-electron chi connectivity index (χ4n) is 3.23. The average molecular weight is 361 g/mol. The monoisotopic (exact) mass is 361 g/mol. The highest BCUT2D eigenvalue weighted by Crippen LogP contribution is 2.25. The Morgan fingerprint density at radius 3 is 2.56 bits per heavy atom. The largest absolute Gasteiger partial charge is 0.333 e. The van der Waals surface area contributed by atoms with Crippen molar-refractivity contribution in [3.8, 4) is 11.3 Å². The molecule has 2 amide bonds. The van der Waals surface area contributed by atoms with Gasteiger partial charge >= 0.3 is 11.8 Å². The van der Waals surface area contributed by atoms with E-state index >= 15 is 0 Å². The summed E-state index contributed by atoms with van der Waals surface area (Å²) in [5, 5.41) is 4.50. The lowest BCUT2D eigenvalue weighted by molar-refractivity contribution is -0.146. The SMILES string of the molecule is C=Cc1ccc2ncc(-c3ccc(N4CCN(CC)C(=O)C4=O)cc3)n2n1. The minimum Gasteiger partial charge on any atom is -0.333 e. The Bertz CT molecular complexity index is 1040. The summed E-state index contributed by atoms with van der Waals surface area (Å²) in [6.07, 6.45) is 3.45. The van der Waals surface area contributed by atoms with Crippen LogP contribution in [0.1, 0.15) is 12.6 Å². The second-order valence-electron chi connectivity index (χ2n) is 6.26. The van der Waals surface area contributed by atoms with Gasteiger partial charge in [-0.05, 0) is 37.3 Å². The molecule has 27 heavy (non-hydrogen) atoms. The van der Waals surface area contributed by atoms with Crippen molar-refractivity contribution in [2.45, 2.75) is 6.92 Å². The van der Waals surface area contributed by atoms with Crippen molar-refractivity contribution in [3.63, 3.8) is 0 Å². The van der Waals surface area contributed by atoms with Crippen LogP contribution in [0.25, 0.3) is 23.0 Å². The van der Waals surface area contributed by atoms with E-state index in [1.807, 2.05) is 43.3 Å². The van der Waals surface area contributed by atoms with Gasteiger partial charge in [-0.3, -0.25) is 9.59 Å². The van der Waals surface area contributed by atoms with E-state index in [2.05, 4.69) is 16.7 Å². The lowest BCUT2D eigenvalue weighted by atomic mass is 10.1. The van der Waals surface area contributed by atoms with E-state index < -0.39 is 11.8 Å². The third-order valence-corrected chi connectivity index (χ3v) is 4.76. The molecule has 7 heteroatoms. The molecule has 0 unspecified atom stereocenters. The minimum absolute atomic E-state index is 0.448. The van der Waals surface area contributed by atoms with Gasteiger partial charge in [0.1, 0.15) is 0 Å². The molecular formula is C20H19N5O2. The highest BCUT2D eigenvalue weighted by atomic mass is 16.2. The van der Waals surface area contributed by atoms with E-state index in [4.69, 9.17) is 0 Å². The number of carbonyl (C=O) groups is 2. The smallest absolute Gasteiger partial charge is 0.316 e. The molecule has 4 rings (SSSR count). The second kappa shape index (κ2) is 6.68. The van der Waals surface area contributed by atoms with E-state index in [9.17, 15) is 9.59 Å². The molecule has 1 aliphatic rings. The van der Waals surface area contributed by atoms with Crippen LogP contribution in [-0.2, 0) is 9.59 Å². The van der Waals surface area contributed by atoms with Gasteiger partial charge in [0, 0.05) is 30.9 Å². The number of hydrogen-bond acceptors (Lipinski definition) is 4. The van der Waals surface area contributed by atoms with Crippen molar-refractivity contribution in [1.82, 2.24) is 19.5 Å². The zero-order chi connectivity index (χ0) is 19.0. The number of carbonyl (C=O) groups excluding carboxylic acids is 2. The summed E-state index contributed by atoms with van der Waals surface area (Å²) in [7, 11) is 0. The summed E-state index contributed by atoms with van der Waals surface area (Å²) < 4.78 is 1.76. The zero-order valence-electron chi connectivity index (χ0n) is 15.0. The average Bonchev–Trinajstić information content (AvgIpc) is 3.13. The van der Waals surface area contributed by atoms with Gasteiger partial charge in [-0.15, -0.1) is 0 Å². The lowest BCUT2D eigenvalue weighted by Crippen LogP contribution is -2.54. The maximum absolute atomic E-state index is 12.4. The number of benzene rings is 1. The quantitative estimate of drug-likeness (QED) is 0.668.